The number of thioether (sulfide) groups is 1. The first-order chi connectivity index (χ1) is 11.0. The molecule has 3 nitrogen and oxygen atoms in total. The summed E-state index contributed by atoms with van der Waals surface area (Å²) >= 11 is 1.54. The van der Waals surface area contributed by atoms with E-state index >= 15 is 0 Å². The summed E-state index contributed by atoms with van der Waals surface area (Å²) in [7, 11) is 0. The number of rotatable bonds is 7. The maximum absolute atomic E-state index is 12.3. The minimum Gasteiger partial charge on any atom is -0.388 e. The maximum atomic E-state index is 12.3. The second-order valence-corrected chi connectivity index (χ2v) is 6.71. The molecule has 0 aliphatic carbocycles. The highest BCUT2D eigenvalue weighted by Gasteiger charge is 2.22. The Morgan fingerprint density at radius 2 is 1.78 bits per heavy atom. The van der Waals surface area contributed by atoms with Crippen LogP contribution >= 0.6 is 11.8 Å². The van der Waals surface area contributed by atoms with Gasteiger partial charge in [0.15, 0.2) is 0 Å². The number of hydrogen-bond donors (Lipinski definition) is 2. The summed E-state index contributed by atoms with van der Waals surface area (Å²) in [4.78, 5) is 13.2. The third kappa shape index (κ3) is 5.41. The Morgan fingerprint density at radius 1 is 1.13 bits per heavy atom. The van der Waals surface area contributed by atoms with Crippen molar-refractivity contribution in [3.05, 3.63) is 65.7 Å². The van der Waals surface area contributed by atoms with Crippen LogP contribution in [0.1, 0.15) is 29.3 Å². The second-order valence-electron chi connectivity index (χ2n) is 5.87. The third-order valence-electron chi connectivity index (χ3n) is 3.78. The first-order valence-electron chi connectivity index (χ1n) is 7.69. The quantitative estimate of drug-likeness (QED) is 0.764. The molecule has 0 saturated carbocycles. The van der Waals surface area contributed by atoms with Crippen molar-refractivity contribution in [3.8, 4) is 0 Å². The van der Waals surface area contributed by atoms with E-state index in [4.69, 9.17) is 0 Å². The number of aryl methyl sites for hydroxylation is 1. The fraction of sp³-hybridized carbons (Fsp3) is 0.316. The molecule has 2 aromatic carbocycles. The van der Waals surface area contributed by atoms with E-state index in [9.17, 15) is 9.90 Å². The van der Waals surface area contributed by atoms with Crippen LogP contribution in [-0.4, -0.2) is 29.4 Å². The van der Waals surface area contributed by atoms with E-state index in [0.717, 1.165) is 11.3 Å². The lowest BCUT2D eigenvalue weighted by molar-refractivity contribution is 0.0478. The van der Waals surface area contributed by atoms with Crippen LogP contribution in [0.3, 0.4) is 0 Å². The minimum absolute atomic E-state index is 0.144. The highest BCUT2D eigenvalue weighted by atomic mass is 32.2. The summed E-state index contributed by atoms with van der Waals surface area (Å²) in [6.07, 6.45) is 3.33. The third-order valence-corrected chi connectivity index (χ3v) is 4.57. The standard InChI is InChI=1S/C19H23NO2S/c1-19(22,13-12-15-8-4-3-5-9-15)14-20-18(21)16-10-6-7-11-17(16)23-2/h3-11,22H,12-14H2,1-2H3,(H,20,21). The van der Waals surface area contributed by atoms with Crippen molar-refractivity contribution >= 4 is 17.7 Å². The fourth-order valence-corrected chi connectivity index (χ4v) is 2.94. The van der Waals surface area contributed by atoms with Gasteiger partial charge in [-0.15, -0.1) is 11.8 Å². The Bertz CT molecular complexity index is 641. The summed E-state index contributed by atoms with van der Waals surface area (Å²) in [5.74, 6) is -0.144. The molecule has 0 aromatic heterocycles. The van der Waals surface area contributed by atoms with Gasteiger partial charge in [-0.25, -0.2) is 0 Å². The van der Waals surface area contributed by atoms with Gasteiger partial charge < -0.3 is 10.4 Å². The predicted octanol–water partition coefficient (Wildman–Crippen LogP) is 3.52. The zero-order valence-electron chi connectivity index (χ0n) is 13.6. The van der Waals surface area contributed by atoms with Crippen LogP contribution < -0.4 is 5.32 Å². The van der Waals surface area contributed by atoms with Gasteiger partial charge in [0, 0.05) is 11.4 Å². The van der Waals surface area contributed by atoms with E-state index < -0.39 is 5.60 Å². The molecule has 1 amide bonds. The molecule has 0 fully saturated rings. The lowest BCUT2D eigenvalue weighted by atomic mass is 9.96. The fourth-order valence-electron chi connectivity index (χ4n) is 2.34. The average molecular weight is 329 g/mol. The normalized spacial score (nSPS) is 13.3. The largest absolute Gasteiger partial charge is 0.388 e. The smallest absolute Gasteiger partial charge is 0.252 e. The Labute approximate surface area is 142 Å². The number of nitrogens with one attached hydrogen (secondary N) is 1. The molecular weight excluding hydrogens is 306 g/mol. The molecule has 0 aliphatic rings. The van der Waals surface area contributed by atoms with Crippen LogP contribution in [0.4, 0.5) is 0 Å². The van der Waals surface area contributed by atoms with Crippen molar-refractivity contribution < 1.29 is 9.90 Å². The Morgan fingerprint density at radius 3 is 2.48 bits per heavy atom. The van der Waals surface area contributed by atoms with Crippen LogP contribution in [0.25, 0.3) is 0 Å². The van der Waals surface area contributed by atoms with Gasteiger partial charge >= 0.3 is 0 Å². The Hall–Kier alpha value is -1.78. The molecule has 0 heterocycles. The van der Waals surface area contributed by atoms with Crippen molar-refractivity contribution in [3.63, 3.8) is 0 Å². The molecule has 4 heteroatoms. The first-order valence-corrected chi connectivity index (χ1v) is 8.92. The molecular formula is C19H23NO2S. The Kier molecular flexibility index (Phi) is 6.25. The summed E-state index contributed by atoms with van der Waals surface area (Å²) < 4.78 is 0. The number of hydrogen-bond acceptors (Lipinski definition) is 3. The predicted molar refractivity (Wildman–Crippen MR) is 95.9 cm³/mol. The van der Waals surface area contributed by atoms with Gasteiger partial charge in [-0.2, -0.15) is 0 Å². The Balaban J connectivity index is 1.89. The van der Waals surface area contributed by atoms with Crippen molar-refractivity contribution in [1.29, 1.82) is 0 Å². The molecule has 0 saturated heterocycles. The zero-order chi connectivity index (χ0) is 16.7. The number of amides is 1. The van der Waals surface area contributed by atoms with Gasteiger partial charge in [-0.3, -0.25) is 4.79 Å². The topological polar surface area (TPSA) is 49.3 Å². The van der Waals surface area contributed by atoms with Gasteiger partial charge in [0.05, 0.1) is 11.2 Å². The van der Waals surface area contributed by atoms with E-state index in [1.165, 1.54) is 5.56 Å². The SMILES string of the molecule is CSc1ccccc1C(=O)NCC(C)(O)CCc1ccccc1. The summed E-state index contributed by atoms with van der Waals surface area (Å²) in [5, 5.41) is 13.3. The van der Waals surface area contributed by atoms with Gasteiger partial charge in [-0.05, 0) is 43.7 Å². The highest BCUT2D eigenvalue weighted by molar-refractivity contribution is 7.98. The molecule has 2 aromatic rings. The second kappa shape index (κ2) is 8.18. The molecule has 122 valence electrons. The van der Waals surface area contributed by atoms with Crippen LogP contribution in [0.15, 0.2) is 59.5 Å². The summed E-state index contributed by atoms with van der Waals surface area (Å²) in [6.45, 7) is 2.00. The molecule has 0 aliphatic heterocycles. The van der Waals surface area contributed by atoms with Gasteiger partial charge in [-0.1, -0.05) is 42.5 Å². The molecule has 2 rings (SSSR count). The zero-order valence-corrected chi connectivity index (χ0v) is 14.4. The molecule has 23 heavy (non-hydrogen) atoms. The molecule has 1 atom stereocenters. The van der Waals surface area contributed by atoms with Crippen molar-refractivity contribution in [2.45, 2.75) is 30.3 Å². The highest BCUT2D eigenvalue weighted by Crippen LogP contribution is 2.20. The van der Waals surface area contributed by atoms with Crippen LogP contribution in [0.5, 0.6) is 0 Å². The van der Waals surface area contributed by atoms with Gasteiger partial charge in [0.1, 0.15) is 0 Å². The lowest BCUT2D eigenvalue weighted by Gasteiger charge is -2.24. The molecule has 2 N–H and O–H groups in total. The van der Waals surface area contributed by atoms with E-state index in [1.807, 2.05) is 54.8 Å². The molecule has 0 bridgehead atoms. The number of aliphatic hydroxyl groups is 1. The van der Waals surface area contributed by atoms with E-state index in [-0.39, 0.29) is 12.5 Å². The van der Waals surface area contributed by atoms with Crippen molar-refractivity contribution in [2.24, 2.45) is 0 Å². The number of benzene rings is 2. The van der Waals surface area contributed by atoms with E-state index in [2.05, 4.69) is 5.32 Å². The minimum atomic E-state index is -0.931. The molecule has 0 spiro atoms. The average Bonchev–Trinajstić information content (AvgIpc) is 2.59. The van der Waals surface area contributed by atoms with E-state index in [1.54, 1.807) is 24.8 Å². The number of carbonyl (C=O) groups is 1. The monoisotopic (exact) mass is 329 g/mol. The summed E-state index contributed by atoms with van der Waals surface area (Å²) in [6, 6.07) is 17.5. The maximum Gasteiger partial charge on any atom is 0.252 e. The van der Waals surface area contributed by atoms with Crippen LogP contribution in [0, 0.1) is 0 Å². The molecule has 1 unspecified atom stereocenters. The van der Waals surface area contributed by atoms with E-state index in [0.29, 0.717) is 12.0 Å². The van der Waals surface area contributed by atoms with Crippen molar-refractivity contribution in [2.75, 3.05) is 12.8 Å². The van der Waals surface area contributed by atoms with Gasteiger partial charge in [0.2, 0.25) is 0 Å². The lowest BCUT2D eigenvalue weighted by Crippen LogP contribution is -2.41. The first kappa shape index (κ1) is 17.6. The number of carbonyl (C=O) groups excluding carboxylic acids is 1. The van der Waals surface area contributed by atoms with Crippen molar-refractivity contribution in [1.82, 2.24) is 5.32 Å². The van der Waals surface area contributed by atoms with Crippen LogP contribution in [-0.2, 0) is 6.42 Å². The summed E-state index contributed by atoms with van der Waals surface area (Å²) in [5.41, 5.74) is 0.908. The molecule has 0 radical (unpaired) electrons. The van der Waals surface area contributed by atoms with Gasteiger partial charge in [0.25, 0.3) is 5.91 Å². The van der Waals surface area contributed by atoms with Crippen LogP contribution in [0.2, 0.25) is 0 Å².